The summed E-state index contributed by atoms with van der Waals surface area (Å²) in [6.07, 6.45) is 2.97. The van der Waals surface area contributed by atoms with E-state index in [2.05, 4.69) is 9.71 Å². The summed E-state index contributed by atoms with van der Waals surface area (Å²) >= 11 is 6.32. The molecule has 2 heterocycles. The summed E-state index contributed by atoms with van der Waals surface area (Å²) in [6.45, 7) is 2.49. The Morgan fingerprint density at radius 3 is 2.61 bits per heavy atom. The minimum atomic E-state index is -3.82. The van der Waals surface area contributed by atoms with Gasteiger partial charge in [-0.05, 0) is 44.0 Å². The molecule has 164 valence electrons. The molecule has 1 fully saturated rings. The van der Waals surface area contributed by atoms with Crippen LogP contribution in [-0.4, -0.2) is 35.4 Å². The van der Waals surface area contributed by atoms with Crippen molar-refractivity contribution in [3.05, 3.63) is 57.3 Å². The van der Waals surface area contributed by atoms with E-state index in [0.29, 0.717) is 29.6 Å². The molecule has 0 aliphatic carbocycles. The predicted octanol–water partition coefficient (Wildman–Crippen LogP) is 3.58. The number of hydrogen-bond acceptors (Lipinski definition) is 5. The first-order valence-electron chi connectivity index (χ1n) is 9.58. The van der Waals surface area contributed by atoms with Gasteiger partial charge in [-0.25, -0.2) is 9.37 Å². The van der Waals surface area contributed by atoms with Gasteiger partial charge in [0, 0.05) is 25.7 Å². The topological polar surface area (TPSA) is 93.5 Å². The summed E-state index contributed by atoms with van der Waals surface area (Å²) in [5.41, 5.74) is 0.670. The zero-order chi connectivity index (χ0) is 22.3. The molecule has 1 aromatic heterocycles. The molecule has 0 saturated carbocycles. The van der Waals surface area contributed by atoms with Gasteiger partial charge < -0.3 is 9.30 Å². The molecule has 1 aliphatic rings. The Bertz CT molecular complexity index is 1340. The normalized spacial score (nSPS) is 14.8. The lowest BCUT2D eigenvalue weighted by Gasteiger charge is -2.19. The fraction of sp³-hybridized carbons (Fsp3) is 0.300. The number of aromatic nitrogens is 2. The number of fused-ring (bicyclic) bond motifs is 1. The lowest BCUT2D eigenvalue weighted by atomic mass is 10.1. The molecular weight excluding hydrogens is 447 g/mol. The van der Waals surface area contributed by atoms with Crippen LogP contribution in [0.1, 0.15) is 18.4 Å². The van der Waals surface area contributed by atoms with Gasteiger partial charge in [-0.2, -0.15) is 12.7 Å². The Labute approximate surface area is 183 Å². The number of aryl methyl sites for hydroxylation is 2. The Hall–Kier alpha value is -2.69. The van der Waals surface area contributed by atoms with Crippen molar-refractivity contribution < 1.29 is 17.5 Å². The van der Waals surface area contributed by atoms with Gasteiger partial charge >= 0.3 is 10.2 Å². The number of anilines is 1. The molecular formula is C20H20ClFN4O4S. The molecule has 0 radical (unpaired) electrons. The summed E-state index contributed by atoms with van der Waals surface area (Å²) in [5.74, 6) is -0.905. The van der Waals surface area contributed by atoms with Crippen molar-refractivity contribution in [3.63, 3.8) is 0 Å². The number of ether oxygens (including phenoxy) is 1. The van der Waals surface area contributed by atoms with Gasteiger partial charge in [0.2, 0.25) is 0 Å². The average molecular weight is 467 g/mol. The Balaban J connectivity index is 1.73. The first-order chi connectivity index (χ1) is 14.7. The molecule has 8 nitrogen and oxygen atoms in total. The highest BCUT2D eigenvalue weighted by Gasteiger charge is 2.27. The van der Waals surface area contributed by atoms with Gasteiger partial charge in [-0.15, -0.1) is 0 Å². The number of rotatable bonds is 5. The molecule has 2 aromatic carbocycles. The Kier molecular flexibility index (Phi) is 5.63. The second-order valence-electron chi connectivity index (χ2n) is 7.30. The van der Waals surface area contributed by atoms with Gasteiger partial charge in [0.15, 0.2) is 11.6 Å². The van der Waals surface area contributed by atoms with Crippen molar-refractivity contribution in [1.82, 2.24) is 13.9 Å². The molecule has 4 rings (SSSR count). The maximum atomic E-state index is 14.6. The van der Waals surface area contributed by atoms with Crippen LogP contribution in [0.3, 0.4) is 0 Å². The van der Waals surface area contributed by atoms with Crippen molar-refractivity contribution in [3.8, 4) is 11.5 Å². The van der Waals surface area contributed by atoms with E-state index >= 15 is 0 Å². The van der Waals surface area contributed by atoms with Crippen molar-refractivity contribution in [2.24, 2.45) is 7.05 Å². The highest BCUT2D eigenvalue weighted by Crippen LogP contribution is 2.39. The minimum Gasteiger partial charge on any atom is -0.452 e. The highest BCUT2D eigenvalue weighted by molar-refractivity contribution is 7.90. The van der Waals surface area contributed by atoms with Crippen molar-refractivity contribution >= 4 is 38.4 Å². The van der Waals surface area contributed by atoms with Crippen LogP contribution in [0.5, 0.6) is 11.5 Å². The molecule has 1 aliphatic heterocycles. The van der Waals surface area contributed by atoms with E-state index in [-0.39, 0.29) is 27.8 Å². The van der Waals surface area contributed by atoms with Crippen LogP contribution in [0, 0.1) is 12.7 Å². The molecule has 11 heteroatoms. The van der Waals surface area contributed by atoms with E-state index < -0.39 is 16.0 Å². The van der Waals surface area contributed by atoms with Gasteiger partial charge in [0.05, 0.1) is 22.9 Å². The fourth-order valence-electron chi connectivity index (χ4n) is 3.49. The zero-order valence-electron chi connectivity index (χ0n) is 16.9. The molecule has 0 bridgehead atoms. The molecule has 0 atom stereocenters. The van der Waals surface area contributed by atoms with E-state index in [9.17, 15) is 17.6 Å². The number of hydrogen-bond donors (Lipinski definition) is 1. The van der Waals surface area contributed by atoms with E-state index in [4.69, 9.17) is 16.3 Å². The van der Waals surface area contributed by atoms with E-state index in [1.54, 1.807) is 26.1 Å². The van der Waals surface area contributed by atoms with E-state index in [0.717, 1.165) is 18.9 Å². The lowest BCUT2D eigenvalue weighted by molar-refractivity contribution is 0.440. The average Bonchev–Trinajstić information content (AvgIpc) is 3.27. The summed E-state index contributed by atoms with van der Waals surface area (Å²) in [5, 5.41) is 0.117. The Morgan fingerprint density at radius 2 is 1.90 bits per heavy atom. The number of halogens is 2. The molecule has 0 unspecified atom stereocenters. The van der Waals surface area contributed by atoms with Crippen LogP contribution in [0.4, 0.5) is 10.1 Å². The molecule has 3 aromatic rings. The van der Waals surface area contributed by atoms with Gasteiger partial charge in [-0.3, -0.25) is 9.52 Å². The SMILES string of the molecule is Cc1c(Oc2c(F)ccc(NS(=O)(=O)N3CCCC3)c2Cl)ccc2ncn(C)c(=O)c12. The van der Waals surface area contributed by atoms with E-state index in [1.807, 2.05) is 0 Å². The molecule has 0 spiro atoms. The largest absolute Gasteiger partial charge is 0.452 e. The van der Waals surface area contributed by atoms with Crippen molar-refractivity contribution in [2.75, 3.05) is 17.8 Å². The smallest absolute Gasteiger partial charge is 0.301 e. The van der Waals surface area contributed by atoms with Crippen LogP contribution in [0.2, 0.25) is 5.02 Å². The standard InChI is InChI=1S/C20H20ClFN4O4S/c1-12-16(8-7-14-17(12)20(27)25(2)11-23-14)30-19-13(22)5-6-15(18(19)21)24-31(28,29)26-9-3-4-10-26/h5-8,11,24H,3-4,9-10H2,1-2H3. The molecule has 1 saturated heterocycles. The monoisotopic (exact) mass is 466 g/mol. The van der Waals surface area contributed by atoms with Crippen LogP contribution < -0.4 is 15.0 Å². The third-order valence-corrected chi connectivity index (χ3v) is 7.10. The maximum absolute atomic E-state index is 14.6. The number of benzene rings is 2. The highest BCUT2D eigenvalue weighted by atomic mass is 35.5. The van der Waals surface area contributed by atoms with Gasteiger partial charge in [0.1, 0.15) is 10.8 Å². The van der Waals surface area contributed by atoms with Crippen LogP contribution in [-0.2, 0) is 17.3 Å². The lowest BCUT2D eigenvalue weighted by Crippen LogP contribution is -2.33. The summed E-state index contributed by atoms with van der Waals surface area (Å²) < 4.78 is 50.4. The predicted molar refractivity (Wildman–Crippen MR) is 117 cm³/mol. The first kappa shape index (κ1) is 21.5. The van der Waals surface area contributed by atoms with Crippen LogP contribution in [0.25, 0.3) is 10.9 Å². The third kappa shape index (κ3) is 3.98. The minimum absolute atomic E-state index is 0.000916. The molecule has 1 N–H and O–H groups in total. The third-order valence-electron chi connectivity index (χ3n) is 5.20. The summed E-state index contributed by atoms with van der Waals surface area (Å²) in [6, 6.07) is 5.46. The zero-order valence-corrected chi connectivity index (χ0v) is 18.4. The number of nitrogens with zero attached hydrogens (tertiary/aromatic N) is 3. The van der Waals surface area contributed by atoms with Crippen molar-refractivity contribution in [1.29, 1.82) is 0 Å². The van der Waals surface area contributed by atoms with Crippen LogP contribution in [0.15, 0.2) is 35.4 Å². The second-order valence-corrected chi connectivity index (χ2v) is 9.35. The van der Waals surface area contributed by atoms with Gasteiger partial charge in [-0.1, -0.05) is 11.6 Å². The Morgan fingerprint density at radius 1 is 1.19 bits per heavy atom. The molecule has 0 amide bonds. The van der Waals surface area contributed by atoms with E-state index in [1.165, 1.54) is 21.3 Å². The van der Waals surface area contributed by atoms with Crippen LogP contribution >= 0.6 is 11.6 Å². The second kappa shape index (κ2) is 8.10. The molecule has 31 heavy (non-hydrogen) atoms. The van der Waals surface area contributed by atoms with Gasteiger partial charge in [0.25, 0.3) is 5.56 Å². The van der Waals surface area contributed by atoms with Crippen molar-refractivity contribution in [2.45, 2.75) is 19.8 Å². The quantitative estimate of drug-likeness (QED) is 0.620. The fourth-order valence-corrected chi connectivity index (χ4v) is 5.10. The summed E-state index contributed by atoms with van der Waals surface area (Å²) in [7, 11) is -2.24. The first-order valence-corrected chi connectivity index (χ1v) is 11.4. The number of nitrogens with one attached hydrogen (secondary N) is 1. The maximum Gasteiger partial charge on any atom is 0.301 e. The summed E-state index contributed by atoms with van der Waals surface area (Å²) in [4.78, 5) is 16.7.